The van der Waals surface area contributed by atoms with Crippen molar-refractivity contribution >= 4 is 5.91 Å². The van der Waals surface area contributed by atoms with Crippen molar-refractivity contribution in [3.63, 3.8) is 0 Å². The lowest BCUT2D eigenvalue weighted by Crippen LogP contribution is -2.51. The van der Waals surface area contributed by atoms with E-state index in [0.29, 0.717) is 6.42 Å². The van der Waals surface area contributed by atoms with Gasteiger partial charge in [0.15, 0.2) is 5.41 Å². The summed E-state index contributed by atoms with van der Waals surface area (Å²) >= 11 is 0. The molecule has 0 heterocycles. The Bertz CT molecular complexity index is 310. The van der Waals surface area contributed by atoms with Gasteiger partial charge in [0.1, 0.15) is 0 Å². The predicted molar refractivity (Wildman–Crippen MR) is 43.0 cm³/mol. The van der Waals surface area contributed by atoms with Crippen molar-refractivity contribution in [2.75, 3.05) is 0 Å². The van der Waals surface area contributed by atoms with Crippen molar-refractivity contribution in [3.05, 3.63) is 12.2 Å². The van der Waals surface area contributed by atoms with E-state index in [0.717, 1.165) is 0 Å². The SMILES string of the molecule is NC(=O)C1(C(F)(F)F)CC2C=CC1C2. The molecule has 0 aromatic heterocycles. The fraction of sp³-hybridized carbons (Fsp3) is 0.667. The van der Waals surface area contributed by atoms with Gasteiger partial charge in [0.05, 0.1) is 0 Å². The molecule has 2 N–H and O–H groups in total. The molecule has 0 saturated heterocycles. The summed E-state index contributed by atoms with van der Waals surface area (Å²) in [6.45, 7) is 0. The molecule has 14 heavy (non-hydrogen) atoms. The molecule has 0 aromatic rings. The summed E-state index contributed by atoms with van der Waals surface area (Å²) in [5.41, 5.74) is 2.61. The van der Waals surface area contributed by atoms with Gasteiger partial charge in [0.25, 0.3) is 0 Å². The highest BCUT2D eigenvalue weighted by atomic mass is 19.4. The van der Waals surface area contributed by atoms with E-state index < -0.39 is 23.4 Å². The third-order valence-electron chi connectivity index (χ3n) is 3.33. The average Bonchev–Trinajstić information content (AvgIpc) is 2.59. The molecule has 1 fully saturated rings. The molecule has 2 bridgehead atoms. The first kappa shape index (κ1) is 9.55. The van der Waals surface area contributed by atoms with Crippen LogP contribution in [0.4, 0.5) is 13.2 Å². The van der Waals surface area contributed by atoms with Crippen LogP contribution in [0.2, 0.25) is 0 Å². The first-order valence-corrected chi connectivity index (χ1v) is 4.43. The van der Waals surface area contributed by atoms with Gasteiger partial charge in [-0.3, -0.25) is 4.79 Å². The number of allylic oxidation sites excluding steroid dienone is 2. The van der Waals surface area contributed by atoms with Gasteiger partial charge in [-0.25, -0.2) is 0 Å². The molecular formula is C9H10F3NO. The second-order valence-electron chi connectivity index (χ2n) is 4.02. The molecule has 1 saturated carbocycles. The van der Waals surface area contributed by atoms with Crippen LogP contribution in [0.25, 0.3) is 0 Å². The summed E-state index contributed by atoms with van der Waals surface area (Å²) < 4.78 is 38.4. The number of primary amides is 1. The van der Waals surface area contributed by atoms with Crippen LogP contribution in [0.1, 0.15) is 12.8 Å². The minimum absolute atomic E-state index is 0.130. The second kappa shape index (κ2) is 2.52. The van der Waals surface area contributed by atoms with Crippen LogP contribution >= 0.6 is 0 Å². The molecule has 78 valence electrons. The van der Waals surface area contributed by atoms with Crippen molar-refractivity contribution in [2.45, 2.75) is 19.0 Å². The van der Waals surface area contributed by atoms with Crippen LogP contribution < -0.4 is 5.73 Å². The van der Waals surface area contributed by atoms with Crippen LogP contribution in [-0.2, 0) is 4.79 Å². The third kappa shape index (κ3) is 0.952. The van der Waals surface area contributed by atoms with Crippen molar-refractivity contribution < 1.29 is 18.0 Å². The lowest BCUT2D eigenvalue weighted by atomic mass is 9.74. The van der Waals surface area contributed by atoms with Gasteiger partial charge in [-0.05, 0) is 18.8 Å². The molecule has 2 aliphatic carbocycles. The average molecular weight is 205 g/mol. The van der Waals surface area contributed by atoms with Crippen LogP contribution in [-0.4, -0.2) is 12.1 Å². The number of carbonyl (C=O) groups is 1. The minimum atomic E-state index is -4.52. The Hall–Kier alpha value is -1.00. The van der Waals surface area contributed by atoms with Crippen molar-refractivity contribution in [1.29, 1.82) is 0 Å². The number of rotatable bonds is 1. The van der Waals surface area contributed by atoms with Crippen LogP contribution in [0.3, 0.4) is 0 Å². The van der Waals surface area contributed by atoms with Crippen molar-refractivity contribution in [2.24, 2.45) is 23.0 Å². The largest absolute Gasteiger partial charge is 0.403 e. The van der Waals surface area contributed by atoms with Gasteiger partial charge in [-0.15, -0.1) is 0 Å². The first-order chi connectivity index (χ1) is 6.38. The smallest absolute Gasteiger partial charge is 0.369 e. The molecule has 1 amide bonds. The fourth-order valence-corrected chi connectivity index (χ4v) is 2.61. The third-order valence-corrected chi connectivity index (χ3v) is 3.33. The Balaban J connectivity index is 2.44. The maximum atomic E-state index is 12.8. The molecule has 0 radical (unpaired) electrons. The molecular weight excluding hydrogens is 195 g/mol. The highest BCUT2D eigenvalue weighted by Crippen LogP contribution is 2.59. The minimum Gasteiger partial charge on any atom is -0.369 e. The van der Waals surface area contributed by atoms with Gasteiger partial charge in [-0.2, -0.15) is 13.2 Å². The zero-order valence-electron chi connectivity index (χ0n) is 7.34. The summed E-state index contributed by atoms with van der Waals surface area (Å²) in [4.78, 5) is 11.0. The number of alkyl halides is 3. The number of carbonyl (C=O) groups excluding carboxylic acids is 1. The second-order valence-corrected chi connectivity index (χ2v) is 4.02. The highest BCUT2D eigenvalue weighted by Gasteiger charge is 2.67. The van der Waals surface area contributed by atoms with E-state index >= 15 is 0 Å². The highest BCUT2D eigenvalue weighted by molar-refractivity contribution is 5.83. The lowest BCUT2D eigenvalue weighted by molar-refractivity contribution is -0.227. The van der Waals surface area contributed by atoms with Gasteiger partial charge < -0.3 is 5.73 Å². The Morgan fingerprint density at radius 3 is 2.29 bits per heavy atom. The predicted octanol–water partition coefficient (Wildman–Crippen LogP) is 1.62. The normalized spacial score (nSPS) is 40.5. The number of hydrogen-bond donors (Lipinski definition) is 1. The molecule has 0 aromatic carbocycles. The summed E-state index contributed by atoms with van der Waals surface area (Å²) in [7, 11) is 0. The maximum absolute atomic E-state index is 12.8. The number of fused-ring (bicyclic) bond motifs is 2. The van der Waals surface area contributed by atoms with E-state index in [4.69, 9.17) is 5.73 Å². The molecule has 2 nitrogen and oxygen atoms in total. The van der Waals surface area contributed by atoms with Gasteiger partial charge in [0, 0.05) is 5.92 Å². The zero-order chi connectivity index (χ0) is 10.6. The molecule has 0 aliphatic heterocycles. The molecule has 3 unspecified atom stereocenters. The van der Waals surface area contributed by atoms with Gasteiger partial charge in [-0.1, -0.05) is 12.2 Å². The fourth-order valence-electron chi connectivity index (χ4n) is 2.61. The Kier molecular flexibility index (Phi) is 1.72. The van der Waals surface area contributed by atoms with E-state index in [-0.39, 0.29) is 12.3 Å². The molecule has 0 spiro atoms. The Labute approximate surface area is 79.0 Å². The molecule has 2 rings (SSSR count). The maximum Gasteiger partial charge on any atom is 0.403 e. The van der Waals surface area contributed by atoms with Crippen molar-refractivity contribution in [1.82, 2.24) is 0 Å². The zero-order valence-corrected chi connectivity index (χ0v) is 7.34. The monoisotopic (exact) mass is 205 g/mol. The molecule has 5 heteroatoms. The van der Waals surface area contributed by atoms with Crippen molar-refractivity contribution in [3.8, 4) is 0 Å². The summed E-state index contributed by atoms with van der Waals surface area (Å²) in [6, 6.07) is 0. The lowest BCUT2D eigenvalue weighted by Gasteiger charge is -2.34. The Morgan fingerprint density at radius 1 is 1.43 bits per heavy atom. The van der Waals surface area contributed by atoms with Crippen LogP contribution in [0.5, 0.6) is 0 Å². The standard InChI is InChI=1S/C9H10F3NO/c10-9(11,12)8(7(13)14)4-5-1-2-6(8)3-5/h1-2,5-6H,3-4H2,(H2,13,14). The quantitative estimate of drug-likeness (QED) is 0.649. The van der Waals surface area contributed by atoms with Crippen LogP contribution in [0.15, 0.2) is 12.2 Å². The summed E-state index contributed by atoms with van der Waals surface area (Å²) in [5.74, 6) is -2.11. The summed E-state index contributed by atoms with van der Waals surface area (Å²) in [5, 5.41) is 0. The number of amides is 1. The Morgan fingerprint density at radius 2 is 2.07 bits per heavy atom. The number of nitrogens with two attached hydrogens (primary N) is 1. The number of halogens is 3. The number of hydrogen-bond acceptors (Lipinski definition) is 1. The molecule has 3 atom stereocenters. The topological polar surface area (TPSA) is 43.1 Å². The van der Waals surface area contributed by atoms with E-state index in [1.54, 1.807) is 6.08 Å². The summed E-state index contributed by atoms with van der Waals surface area (Å²) in [6.07, 6.45) is -1.07. The van der Waals surface area contributed by atoms with E-state index in [9.17, 15) is 18.0 Å². The van der Waals surface area contributed by atoms with E-state index in [2.05, 4.69) is 0 Å². The first-order valence-electron chi connectivity index (χ1n) is 4.43. The molecule has 2 aliphatic rings. The van der Waals surface area contributed by atoms with Crippen LogP contribution in [0, 0.1) is 17.3 Å². The van der Waals surface area contributed by atoms with E-state index in [1.165, 1.54) is 6.08 Å². The van der Waals surface area contributed by atoms with Gasteiger partial charge in [0.2, 0.25) is 5.91 Å². The van der Waals surface area contributed by atoms with E-state index in [1.807, 2.05) is 0 Å². The van der Waals surface area contributed by atoms with Gasteiger partial charge >= 0.3 is 6.18 Å².